The Kier molecular flexibility index (Phi) is 4.29. The van der Waals surface area contributed by atoms with Crippen molar-refractivity contribution in [2.45, 2.75) is 4.90 Å². The molecular formula is C10H6BrCl2N3O2S. The number of nitrogens with zero attached hydrogens (tertiary/aromatic N) is 2. The summed E-state index contributed by atoms with van der Waals surface area (Å²) < 4.78 is 27.1. The first-order chi connectivity index (χ1) is 8.88. The zero-order chi connectivity index (χ0) is 14.0. The number of anilines is 1. The van der Waals surface area contributed by atoms with Gasteiger partial charge in [0.05, 0.1) is 5.02 Å². The van der Waals surface area contributed by atoms with Crippen molar-refractivity contribution in [2.24, 2.45) is 0 Å². The summed E-state index contributed by atoms with van der Waals surface area (Å²) in [6.45, 7) is 0. The Morgan fingerprint density at radius 3 is 2.58 bits per heavy atom. The van der Waals surface area contributed by atoms with Gasteiger partial charge in [0.25, 0.3) is 10.0 Å². The summed E-state index contributed by atoms with van der Waals surface area (Å²) in [5, 5.41) is 0.221. The van der Waals surface area contributed by atoms with Crippen LogP contribution < -0.4 is 4.72 Å². The Morgan fingerprint density at radius 2 is 1.95 bits per heavy atom. The van der Waals surface area contributed by atoms with Gasteiger partial charge in [0, 0.05) is 10.7 Å². The second kappa shape index (κ2) is 5.62. The molecular weight excluding hydrogens is 377 g/mol. The van der Waals surface area contributed by atoms with Gasteiger partial charge in [-0.15, -0.1) is 0 Å². The van der Waals surface area contributed by atoms with Crippen LogP contribution >= 0.6 is 39.1 Å². The van der Waals surface area contributed by atoms with Gasteiger partial charge in [0.2, 0.25) is 5.95 Å². The van der Waals surface area contributed by atoms with Crippen LogP contribution in [0.5, 0.6) is 0 Å². The molecule has 2 rings (SSSR count). The van der Waals surface area contributed by atoms with Crippen LogP contribution in [0.4, 0.5) is 5.95 Å². The summed E-state index contributed by atoms with van der Waals surface area (Å²) in [4.78, 5) is 7.43. The lowest BCUT2D eigenvalue weighted by Gasteiger charge is -2.08. The normalized spacial score (nSPS) is 11.3. The summed E-state index contributed by atoms with van der Waals surface area (Å²) >= 11 is 14.7. The molecule has 0 saturated heterocycles. The third kappa shape index (κ3) is 3.56. The van der Waals surface area contributed by atoms with Gasteiger partial charge in [-0.05, 0) is 24.3 Å². The molecule has 0 saturated carbocycles. The molecule has 0 amide bonds. The van der Waals surface area contributed by atoms with Crippen LogP contribution in [0.2, 0.25) is 10.2 Å². The largest absolute Gasteiger partial charge is 0.265 e. The number of benzene rings is 1. The Balaban J connectivity index is 2.38. The van der Waals surface area contributed by atoms with Gasteiger partial charge in [-0.25, -0.2) is 23.1 Å². The minimum absolute atomic E-state index is 0.0686. The van der Waals surface area contributed by atoms with E-state index in [2.05, 4.69) is 30.6 Å². The van der Waals surface area contributed by atoms with Crippen LogP contribution in [0.3, 0.4) is 0 Å². The first-order valence-electron chi connectivity index (χ1n) is 4.85. The molecule has 9 heteroatoms. The molecule has 0 aliphatic heterocycles. The van der Waals surface area contributed by atoms with Crippen molar-refractivity contribution in [3.63, 3.8) is 0 Å². The third-order valence-electron chi connectivity index (χ3n) is 2.03. The maximum atomic E-state index is 12.1. The molecule has 0 aliphatic carbocycles. The van der Waals surface area contributed by atoms with E-state index in [9.17, 15) is 8.42 Å². The monoisotopic (exact) mass is 381 g/mol. The average Bonchev–Trinajstić information content (AvgIpc) is 2.27. The van der Waals surface area contributed by atoms with Gasteiger partial charge in [-0.1, -0.05) is 39.1 Å². The van der Waals surface area contributed by atoms with Crippen LogP contribution in [0.25, 0.3) is 0 Å². The maximum Gasteiger partial charge on any atom is 0.265 e. The van der Waals surface area contributed by atoms with E-state index in [1.807, 2.05) is 0 Å². The predicted octanol–water partition coefficient (Wildman–Crippen LogP) is 3.35. The number of nitrogens with one attached hydrogen (secondary N) is 1. The fraction of sp³-hybridized carbons (Fsp3) is 0. The van der Waals surface area contributed by atoms with Crippen molar-refractivity contribution < 1.29 is 8.42 Å². The Bertz CT molecular complexity index is 724. The molecule has 1 N–H and O–H groups in total. The lowest BCUT2D eigenvalue weighted by atomic mass is 10.4. The molecule has 0 aliphatic rings. The van der Waals surface area contributed by atoms with Gasteiger partial charge in [0.15, 0.2) is 0 Å². The van der Waals surface area contributed by atoms with Gasteiger partial charge >= 0.3 is 0 Å². The molecule has 0 unspecified atom stereocenters. The number of halogens is 3. The van der Waals surface area contributed by atoms with E-state index >= 15 is 0 Å². The summed E-state index contributed by atoms with van der Waals surface area (Å²) in [5.41, 5.74) is 0. The van der Waals surface area contributed by atoms with Gasteiger partial charge < -0.3 is 0 Å². The third-order valence-corrected chi connectivity index (χ3v) is 4.55. The zero-order valence-electron chi connectivity index (χ0n) is 9.14. The summed E-state index contributed by atoms with van der Waals surface area (Å²) in [6, 6.07) is 5.86. The Morgan fingerprint density at radius 1 is 1.21 bits per heavy atom. The second-order valence-corrected chi connectivity index (χ2v) is 6.74. The second-order valence-electron chi connectivity index (χ2n) is 3.38. The van der Waals surface area contributed by atoms with E-state index in [1.54, 1.807) is 6.07 Å². The van der Waals surface area contributed by atoms with E-state index in [0.29, 0.717) is 4.47 Å². The first kappa shape index (κ1) is 14.5. The summed E-state index contributed by atoms with van der Waals surface area (Å²) in [5.74, 6) is -0.119. The van der Waals surface area contributed by atoms with Crippen LogP contribution in [-0.2, 0) is 10.0 Å². The standard InChI is InChI=1S/C10H6BrCl2N3O2S/c11-6-1-2-8(7(12)5-6)19(17,18)16-10-14-4-3-9(13)15-10/h1-5H,(H,14,15,16). The number of rotatable bonds is 3. The lowest BCUT2D eigenvalue weighted by Crippen LogP contribution is -2.15. The Hall–Kier alpha value is -0.890. The molecule has 2 aromatic rings. The van der Waals surface area contributed by atoms with Crippen molar-refractivity contribution >= 4 is 55.1 Å². The molecule has 0 atom stereocenters. The lowest BCUT2D eigenvalue weighted by molar-refractivity contribution is 0.601. The minimum Gasteiger partial charge on any atom is -0.247 e. The molecule has 1 aromatic heterocycles. The molecule has 5 nitrogen and oxygen atoms in total. The molecule has 1 heterocycles. The Labute approximate surface area is 128 Å². The van der Waals surface area contributed by atoms with E-state index in [4.69, 9.17) is 23.2 Å². The van der Waals surface area contributed by atoms with Crippen molar-refractivity contribution in [1.29, 1.82) is 0 Å². The van der Waals surface area contributed by atoms with E-state index < -0.39 is 10.0 Å². The highest BCUT2D eigenvalue weighted by atomic mass is 79.9. The van der Waals surface area contributed by atoms with E-state index in [-0.39, 0.29) is 21.0 Å². The highest BCUT2D eigenvalue weighted by Crippen LogP contribution is 2.26. The van der Waals surface area contributed by atoms with Gasteiger partial charge in [-0.2, -0.15) is 0 Å². The van der Waals surface area contributed by atoms with Crippen molar-refractivity contribution in [3.8, 4) is 0 Å². The molecule has 19 heavy (non-hydrogen) atoms. The highest BCUT2D eigenvalue weighted by molar-refractivity contribution is 9.10. The number of hydrogen-bond donors (Lipinski definition) is 1. The van der Waals surface area contributed by atoms with Gasteiger partial charge in [-0.3, -0.25) is 0 Å². The average molecular weight is 383 g/mol. The van der Waals surface area contributed by atoms with Crippen LogP contribution in [0.15, 0.2) is 39.8 Å². The summed E-state index contributed by atoms with van der Waals surface area (Å²) in [7, 11) is -3.86. The van der Waals surface area contributed by atoms with Crippen molar-refractivity contribution in [1.82, 2.24) is 9.97 Å². The quantitative estimate of drug-likeness (QED) is 0.826. The molecule has 0 fully saturated rings. The van der Waals surface area contributed by atoms with Crippen molar-refractivity contribution in [3.05, 3.63) is 45.1 Å². The fourth-order valence-corrected chi connectivity index (χ4v) is 3.38. The smallest absolute Gasteiger partial charge is 0.247 e. The van der Waals surface area contributed by atoms with Crippen molar-refractivity contribution in [2.75, 3.05) is 4.72 Å². The minimum atomic E-state index is -3.86. The molecule has 1 aromatic carbocycles. The van der Waals surface area contributed by atoms with Crippen LogP contribution in [0.1, 0.15) is 0 Å². The van der Waals surface area contributed by atoms with E-state index in [0.717, 1.165) is 0 Å². The zero-order valence-corrected chi connectivity index (χ0v) is 13.1. The topological polar surface area (TPSA) is 72.0 Å². The van der Waals surface area contributed by atoms with Crippen LogP contribution in [0, 0.1) is 0 Å². The number of aromatic nitrogens is 2. The molecule has 0 bridgehead atoms. The summed E-state index contributed by atoms with van der Waals surface area (Å²) in [6.07, 6.45) is 1.34. The predicted molar refractivity (Wildman–Crippen MR) is 77.0 cm³/mol. The SMILES string of the molecule is O=S(=O)(Nc1nccc(Cl)n1)c1ccc(Br)cc1Cl. The molecule has 0 spiro atoms. The fourth-order valence-electron chi connectivity index (χ4n) is 1.25. The maximum absolute atomic E-state index is 12.1. The van der Waals surface area contributed by atoms with Crippen LogP contribution in [-0.4, -0.2) is 18.4 Å². The van der Waals surface area contributed by atoms with E-state index in [1.165, 1.54) is 24.4 Å². The number of sulfonamides is 1. The highest BCUT2D eigenvalue weighted by Gasteiger charge is 2.19. The first-order valence-corrected chi connectivity index (χ1v) is 7.88. The molecule has 0 radical (unpaired) electrons. The molecule has 100 valence electrons. The number of hydrogen-bond acceptors (Lipinski definition) is 4. The van der Waals surface area contributed by atoms with Gasteiger partial charge in [0.1, 0.15) is 10.0 Å².